The number of benzene rings is 1. The van der Waals surface area contributed by atoms with Crippen molar-refractivity contribution in [1.82, 2.24) is 4.98 Å². The summed E-state index contributed by atoms with van der Waals surface area (Å²) < 4.78 is 11.1. The standard InChI is InChI=1S/C23H22N2O3/c1-15-4-2-5-16(12-15)18-6-3-7-21(24-18)25-22(26)23(10-11-23)17-8-9-19-20(13-17)28-14-27-19/h2-9,12-13,19-20H,10-11,14H2,1H3,(H,24,25,26). The average Bonchev–Trinajstić information content (AvgIpc) is 3.39. The lowest BCUT2D eigenvalue weighted by Crippen LogP contribution is -2.29. The lowest BCUT2D eigenvalue weighted by atomic mass is 9.88. The number of rotatable bonds is 4. The summed E-state index contributed by atoms with van der Waals surface area (Å²) in [5, 5.41) is 3.03. The second-order valence-corrected chi connectivity index (χ2v) is 7.68. The van der Waals surface area contributed by atoms with Crippen molar-refractivity contribution in [1.29, 1.82) is 0 Å². The first-order valence-corrected chi connectivity index (χ1v) is 9.63. The fourth-order valence-corrected chi connectivity index (χ4v) is 3.92. The van der Waals surface area contributed by atoms with Gasteiger partial charge in [-0.3, -0.25) is 4.79 Å². The highest BCUT2D eigenvalue weighted by molar-refractivity contribution is 5.99. The van der Waals surface area contributed by atoms with Gasteiger partial charge in [-0.05, 0) is 49.6 Å². The van der Waals surface area contributed by atoms with E-state index < -0.39 is 5.41 Å². The number of amides is 1. The van der Waals surface area contributed by atoms with E-state index in [-0.39, 0.29) is 18.1 Å². The molecule has 142 valence electrons. The minimum Gasteiger partial charge on any atom is -0.345 e. The van der Waals surface area contributed by atoms with E-state index in [1.54, 1.807) is 0 Å². The Morgan fingerprint density at radius 2 is 1.96 bits per heavy atom. The number of aryl methyl sites for hydroxylation is 1. The summed E-state index contributed by atoms with van der Waals surface area (Å²) >= 11 is 0. The quantitative estimate of drug-likeness (QED) is 0.878. The third-order valence-corrected chi connectivity index (χ3v) is 5.70. The van der Waals surface area contributed by atoms with Gasteiger partial charge in [-0.25, -0.2) is 4.98 Å². The lowest BCUT2D eigenvalue weighted by molar-refractivity contribution is -0.119. The zero-order valence-electron chi connectivity index (χ0n) is 15.7. The number of nitrogens with zero attached hydrogens (tertiary/aromatic N) is 1. The number of carbonyl (C=O) groups excluding carboxylic acids is 1. The SMILES string of the molecule is Cc1cccc(-c2cccc(NC(=O)C3(C4=CC5OCOC5C=C4)CC3)n2)c1. The first-order valence-electron chi connectivity index (χ1n) is 9.63. The Hall–Kier alpha value is -2.76. The van der Waals surface area contributed by atoms with Gasteiger partial charge in [0.2, 0.25) is 5.91 Å². The van der Waals surface area contributed by atoms with Crippen LogP contribution in [-0.4, -0.2) is 29.9 Å². The van der Waals surface area contributed by atoms with E-state index in [4.69, 9.17) is 9.47 Å². The Bertz CT molecular complexity index is 991. The summed E-state index contributed by atoms with van der Waals surface area (Å²) in [5.41, 5.74) is 3.61. The Morgan fingerprint density at radius 1 is 1.14 bits per heavy atom. The Labute approximate surface area is 164 Å². The van der Waals surface area contributed by atoms with E-state index in [0.717, 1.165) is 29.7 Å². The average molecular weight is 374 g/mol. The molecule has 5 nitrogen and oxygen atoms in total. The number of ether oxygens (including phenoxy) is 2. The third kappa shape index (κ3) is 3.07. The van der Waals surface area contributed by atoms with E-state index in [1.807, 2.05) is 48.6 Å². The molecule has 2 aromatic rings. The number of nitrogens with one attached hydrogen (secondary N) is 1. The number of allylic oxidation sites excluding steroid dienone is 1. The summed E-state index contributed by atoms with van der Waals surface area (Å²) in [6.07, 6.45) is 7.61. The Morgan fingerprint density at radius 3 is 2.79 bits per heavy atom. The van der Waals surface area contributed by atoms with E-state index in [1.165, 1.54) is 5.56 Å². The van der Waals surface area contributed by atoms with Gasteiger partial charge in [0.05, 0.1) is 11.1 Å². The molecule has 5 rings (SSSR count). The van der Waals surface area contributed by atoms with Gasteiger partial charge >= 0.3 is 0 Å². The molecule has 2 unspecified atom stereocenters. The van der Waals surface area contributed by atoms with Gasteiger partial charge in [0, 0.05) is 5.56 Å². The van der Waals surface area contributed by atoms with Gasteiger partial charge in [-0.1, -0.05) is 42.0 Å². The van der Waals surface area contributed by atoms with Crippen LogP contribution >= 0.6 is 0 Å². The summed E-state index contributed by atoms with van der Waals surface area (Å²) in [6.45, 7) is 2.36. The van der Waals surface area contributed by atoms with Crippen LogP contribution in [0, 0.1) is 12.3 Å². The molecule has 0 spiro atoms. The Kier molecular flexibility index (Phi) is 4.14. The van der Waals surface area contributed by atoms with Crippen LogP contribution in [0.4, 0.5) is 5.82 Å². The van der Waals surface area contributed by atoms with Crippen molar-refractivity contribution in [3.8, 4) is 11.3 Å². The van der Waals surface area contributed by atoms with Crippen molar-refractivity contribution in [2.45, 2.75) is 32.0 Å². The number of aromatic nitrogens is 1. The van der Waals surface area contributed by atoms with Crippen LogP contribution in [0.25, 0.3) is 11.3 Å². The van der Waals surface area contributed by atoms with E-state index in [2.05, 4.69) is 29.4 Å². The van der Waals surface area contributed by atoms with Crippen LogP contribution in [0.3, 0.4) is 0 Å². The highest BCUT2D eigenvalue weighted by Gasteiger charge is 2.53. The molecule has 2 aliphatic carbocycles. The number of hydrogen-bond donors (Lipinski definition) is 1. The van der Waals surface area contributed by atoms with Crippen LogP contribution in [0.1, 0.15) is 18.4 Å². The maximum Gasteiger partial charge on any atom is 0.236 e. The lowest BCUT2D eigenvalue weighted by Gasteiger charge is -2.22. The van der Waals surface area contributed by atoms with Crippen molar-refractivity contribution in [2.24, 2.45) is 5.41 Å². The summed E-state index contributed by atoms with van der Waals surface area (Å²) in [7, 11) is 0. The van der Waals surface area contributed by atoms with E-state index in [0.29, 0.717) is 12.6 Å². The largest absolute Gasteiger partial charge is 0.345 e. The zero-order chi connectivity index (χ0) is 19.1. The summed E-state index contributed by atoms with van der Waals surface area (Å²) in [4.78, 5) is 17.7. The molecular weight excluding hydrogens is 352 g/mol. The molecular formula is C23H22N2O3. The highest BCUT2D eigenvalue weighted by Crippen LogP contribution is 2.54. The van der Waals surface area contributed by atoms with Gasteiger partial charge in [0.25, 0.3) is 0 Å². The zero-order valence-corrected chi connectivity index (χ0v) is 15.7. The Balaban J connectivity index is 1.36. The van der Waals surface area contributed by atoms with E-state index >= 15 is 0 Å². The fraction of sp³-hybridized carbons (Fsp3) is 0.304. The maximum absolute atomic E-state index is 13.1. The van der Waals surface area contributed by atoms with Gasteiger partial charge in [0.1, 0.15) is 24.8 Å². The molecule has 1 saturated carbocycles. The van der Waals surface area contributed by atoms with Crippen LogP contribution < -0.4 is 5.32 Å². The first-order chi connectivity index (χ1) is 13.6. The smallest absolute Gasteiger partial charge is 0.236 e. The maximum atomic E-state index is 13.1. The number of pyridine rings is 1. The van der Waals surface area contributed by atoms with Gasteiger partial charge in [0.15, 0.2) is 0 Å². The minimum atomic E-state index is -0.478. The van der Waals surface area contributed by atoms with Gasteiger partial charge < -0.3 is 14.8 Å². The number of carbonyl (C=O) groups is 1. The number of hydrogen-bond acceptors (Lipinski definition) is 4. The van der Waals surface area contributed by atoms with Crippen molar-refractivity contribution >= 4 is 11.7 Å². The molecule has 0 radical (unpaired) electrons. The molecule has 2 atom stereocenters. The van der Waals surface area contributed by atoms with Crippen molar-refractivity contribution in [2.75, 3.05) is 12.1 Å². The molecule has 1 N–H and O–H groups in total. The molecule has 2 heterocycles. The molecule has 0 bridgehead atoms. The van der Waals surface area contributed by atoms with Crippen LogP contribution in [0.2, 0.25) is 0 Å². The molecule has 2 fully saturated rings. The van der Waals surface area contributed by atoms with Gasteiger partial charge in [-0.15, -0.1) is 0 Å². The first kappa shape index (κ1) is 17.3. The van der Waals surface area contributed by atoms with Gasteiger partial charge in [-0.2, -0.15) is 0 Å². The fourth-order valence-electron chi connectivity index (χ4n) is 3.92. The highest BCUT2D eigenvalue weighted by atomic mass is 16.7. The van der Waals surface area contributed by atoms with E-state index in [9.17, 15) is 4.79 Å². The molecule has 5 heteroatoms. The third-order valence-electron chi connectivity index (χ3n) is 5.70. The molecule has 1 saturated heterocycles. The number of anilines is 1. The summed E-state index contributed by atoms with van der Waals surface area (Å²) in [5.74, 6) is 0.573. The monoisotopic (exact) mass is 374 g/mol. The molecule has 1 amide bonds. The van der Waals surface area contributed by atoms with Crippen LogP contribution in [0.5, 0.6) is 0 Å². The molecule has 1 aromatic heterocycles. The topological polar surface area (TPSA) is 60.5 Å². The predicted octanol–water partition coefficient (Wildman–Crippen LogP) is 4.01. The molecule has 28 heavy (non-hydrogen) atoms. The second kappa shape index (κ2) is 6.69. The molecule has 1 aliphatic heterocycles. The van der Waals surface area contributed by atoms with Crippen molar-refractivity contribution in [3.05, 3.63) is 71.8 Å². The van der Waals surface area contributed by atoms with Crippen molar-refractivity contribution in [3.63, 3.8) is 0 Å². The summed E-state index contributed by atoms with van der Waals surface area (Å²) in [6, 6.07) is 13.9. The molecule has 3 aliphatic rings. The van der Waals surface area contributed by atoms with Crippen LogP contribution in [-0.2, 0) is 14.3 Å². The normalized spacial score (nSPS) is 24.4. The van der Waals surface area contributed by atoms with Crippen molar-refractivity contribution < 1.29 is 14.3 Å². The molecule has 1 aromatic carbocycles. The number of fused-ring (bicyclic) bond motifs is 1. The second-order valence-electron chi connectivity index (χ2n) is 7.68. The predicted molar refractivity (Wildman–Crippen MR) is 107 cm³/mol. The minimum absolute atomic E-state index is 0.00495. The van der Waals surface area contributed by atoms with Crippen LogP contribution in [0.15, 0.2) is 66.3 Å².